The van der Waals surface area contributed by atoms with Crippen molar-refractivity contribution in [2.75, 3.05) is 52.4 Å². The van der Waals surface area contributed by atoms with E-state index in [-0.39, 0.29) is 5.91 Å². The summed E-state index contributed by atoms with van der Waals surface area (Å²) in [6.45, 7) is 2.67. The third kappa shape index (κ3) is 3.90. The Balaban J connectivity index is 1.75. The highest BCUT2D eigenvalue weighted by Crippen LogP contribution is 2.38. The Hall–Kier alpha value is -2.60. The molecule has 27 heavy (non-hydrogen) atoms. The van der Waals surface area contributed by atoms with Gasteiger partial charge >= 0.3 is 0 Å². The molecule has 7 heteroatoms. The van der Waals surface area contributed by atoms with Crippen LogP contribution in [0, 0.1) is 0 Å². The molecule has 1 aliphatic rings. The fraction of sp³-hybridized carbons (Fsp3) is 0.350. The van der Waals surface area contributed by atoms with Crippen LogP contribution in [0.1, 0.15) is 10.4 Å². The summed E-state index contributed by atoms with van der Waals surface area (Å²) in [5.74, 6) is 1.35. The van der Waals surface area contributed by atoms with Crippen LogP contribution in [0.3, 0.4) is 0 Å². The smallest absolute Gasteiger partial charge is 0.254 e. The average Bonchev–Trinajstić information content (AvgIpc) is 2.72. The van der Waals surface area contributed by atoms with E-state index in [9.17, 15) is 4.79 Å². The molecule has 0 atom stereocenters. The molecule has 1 saturated heterocycles. The highest BCUT2D eigenvalue weighted by molar-refractivity contribution is 6.33. The second-order valence-electron chi connectivity index (χ2n) is 6.14. The van der Waals surface area contributed by atoms with Crippen LogP contribution in [0.4, 0.5) is 5.69 Å². The lowest BCUT2D eigenvalue weighted by atomic mass is 10.1. The van der Waals surface area contributed by atoms with Gasteiger partial charge in [0.25, 0.3) is 5.91 Å². The molecule has 1 amide bonds. The predicted octanol–water partition coefficient (Wildman–Crippen LogP) is 3.33. The van der Waals surface area contributed by atoms with E-state index in [1.165, 1.54) is 21.3 Å². The minimum Gasteiger partial charge on any atom is -0.493 e. The molecule has 2 aromatic carbocycles. The third-order valence-electron chi connectivity index (χ3n) is 4.67. The molecule has 2 aromatic rings. The first-order valence-electron chi connectivity index (χ1n) is 8.67. The number of hydrogen-bond donors (Lipinski definition) is 0. The molecule has 1 heterocycles. The summed E-state index contributed by atoms with van der Waals surface area (Å²) in [4.78, 5) is 17.0. The Morgan fingerprint density at radius 3 is 2.04 bits per heavy atom. The van der Waals surface area contributed by atoms with Crippen molar-refractivity contribution in [3.05, 3.63) is 47.0 Å². The van der Waals surface area contributed by atoms with Gasteiger partial charge in [-0.05, 0) is 24.3 Å². The van der Waals surface area contributed by atoms with E-state index in [1.807, 2.05) is 29.2 Å². The number of rotatable bonds is 5. The molecule has 1 aliphatic heterocycles. The van der Waals surface area contributed by atoms with Crippen LogP contribution in [0.15, 0.2) is 36.4 Å². The van der Waals surface area contributed by atoms with Gasteiger partial charge in [-0.15, -0.1) is 0 Å². The van der Waals surface area contributed by atoms with E-state index >= 15 is 0 Å². The summed E-state index contributed by atoms with van der Waals surface area (Å²) in [5.41, 5.74) is 1.51. The number of amides is 1. The van der Waals surface area contributed by atoms with E-state index in [1.54, 1.807) is 12.1 Å². The normalized spacial score (nSPS) is 14.1. The van der Waals surface area contributed by atoms with Crippen LogP contribution in [0.25, 0.3) is 0 Å². The number of carbonyl (C=O) groups excluding carboxylic acids is 1. The molecule has 144 valence electrons. The van der Waals surface area contributed by atoms with Crippen molar-refractivity contribution in [3.8, 4) is 17.2 Å². The number of piperazine rings is 1. The summed E-state index contributed by atoms with van der Waals surface area (Å²) >= 11 is 6.29. The van der Waals surface area contributed by atoms with Gasteiger partial charge in [0.2, 0.25) is 5.75 Å². The SMILES string of the molecule is COc1cc(C(=O)N2CCN(c3ccccc3Cl)CC2)cc(OC)c1OC. The Bertz CT molecular complexity index is 794. The van der Waals surface area contributed by atoms with Gasteiger partial charge in [-0.2, -0.15) is 0 Å². The Morgan fingerprint density at radius 2 is 1.52 bits per heavy atom. The van der Waals surface area contributed by atoms with Crippen molar-refractivity contribution in [2.24, 2.45) is 0 Å². The summed E-state index contributed by atoms with van der Waals surface area (Å²) < 4.78 is 16.0. The zero-order valence-corrected chi connectivity index (χ0v) is 16.5. The first-order chi connectivity index (χ1) is 13.1. The van der Waals surface area contributed by atoms with E-state index < -0.39 is 0 Å². The summed E-state index contributed by atoms with van der Waals surface area (Å²) in [6.07, 6.45) is 0. The number of halogens is 1. The molecule has 3 rings (SSSR count). The first kappa shape index (κ1) is 19.2. The minimum atomic E-state index is -0.0620. The maximum atomic E-state index is 13.0. The number of para-hydroxylation sites is 1. The second kappa shape index (κ2) is 8.39. The number of nitrogens with zero attached hydrogens (tertiary/aromatic N) is 2. The zero-order chi connectivity index (χ0) is 19.4. The van der Waals surface area contributed by atoms with Crippen molar-refractivity contribution in [2.45, 2.75) is 0 Å². The molecule has 0 unspecified atom stereocenters. The van der Waals surface area contributed by atoms with Gasteiger partial charge in [-0.1, -0.05) is 23.7 Å². The summed E-state index contributed by atoms with van der Waals surface area (Å²) in [7, 11) is 4.61. The number of carbonyl (C=O) groups is 1. The van der Waals surface area contributed by atoms with Crippen molar-refractivity contribution in [1.82, 2.24) is 4.90 Å². The number of anilines is 1. The van der Waals surface area contributed by atoms with Crippen molar-refractivity contribution >= 4 is 23.2 Å². The maximum absolute atomic E-state index is 13.0. The predicted molar refractivity (Wildman–Crippen MR) is 106 cm³/mol. The third-order valence-corrected chi connectivity index (χ3v) is 4.99. The molecule has 0 radical (unpaired) electrons. The van der Waals surface area contributed by atoms with Crippen molar-refractivity contribution in [3.63, 3.8) is 0 Å². The Kier molecular flexibility index (Phi) is 5.96. The number of ether oxygens (including phenoxy) is 3. The van der Waals surface area contributed by atoms with Gasteiger partial charge < -0.3 is 24.0 Å². The standard InChI is InChI=1S/C20H23ClN2O4/c1-25-17-12-14(13-18(26-2)19(17)27-3)20(24)23-10-8-22(9-11-23)16-7-5-4-6-15(16)21/h4-7,12-13H,8-11H2,1-3H3. The van der Waals surface area contributed by atoms with E-state index in [2.05, 4.69) is 4.90 Å². The first-order valence-corrected chi connectivity index (χ1v) is 9.05. The molecule has 0 aliphatic carbocycles. The average molecular weight is 391 g/mol. The van der Waals surface area contributed by atoms with Crippen LogP contribution >= 0.6 is 11.6 Å². The van der Waals surface area contributed by atoms with Crippen molar-refractivity contribution in [1.29, 1.82) is 0 Å². The van der Waals surface area contributed by atoms with Crippen LogP contribution in [0.2, 0.25) is 5.02 Å². The molecule has 6 nitrogen and oxygen atoms in total. The maximum Gasteiger partial charge on any atom is 0.254 e. The Morgan fingerprint density at radius 1 is 0.926 bits per heavy atom. The molecule has 0 N–H and O–H groups in total. The molecule has 1 fully saturated rings. The molecular weight excluding hydrogens is 368 g/mol. The monoisotopic (exact) mass is 390 g/mol. The summed E-state index contributed by atoms with van der Waals surface area (Å²) in [6, 6.07) is 11.1. The largest absolute Gasteiger partial charge is 0.493 e. The number of methoxy groups -OCH3 is 3. The fourth-order valence-corrected chi connectivity index (χ4v) is 3.50. The van der Waals surface area contributed by atoms with E-state index in [0.717, 1.165) is 23.8 Å². The topological polar surface area (TPSA) is 51.2 Å². The van der Waals surface area contributed by atoms with Crippen LogP contribution in [-0.4, -0.2) is 58.3 Å². The Labute approximate surface area is 164 Å². The van der Waals surface area contributed by atoms with E-state index in [4.69, 9.17) is 25.8 Å². The van der Waals surface area contributed by atoms with Gasteiger partial charge in [-0.3, -0.25) is 4.79 Å². The van der Waals surface area contributed by atoms with Gasteiger partial charge in [0.1, 0.15) is 0 Å². The van der Waals surface area contributed by atoms with Gasteiger partial charge in [0.05, 0.1) is 32.0 Å². The molecule has 0 spiro atoms. The van der Waals surface area contributed by atoms with Crippen LogP contribution in [0.5, 0.6) is 17.2 Å². The number of hydrogen-bond acceptors (Lipinski definition) is 5. The highest BCUT2D eigenvalue weighted by atomic mass is 35.5. The lowest BCUT2D eigenvalue weighted by Gasteiger charge is -2.36. The van der Waals surface area contributed by atoms with Crippen LogP contribution in [-0.2, 0) is 0 Å². The molecule has 0 saturated carbocycles. The van der Waals surface area contributed by atoms with Gasteiger partial charge in [0.15, 0.2) is 11.5 Å². The number of benzene rings is 2. The second-order valence-corrected chi connectivity index (χ2v) is 6.55. The van der Waals surface area contributed by atoms with Gasteiger partial charge in [-0.25, -0.2) is 0 Å². The fourth-order valence-electron chi connectivity index (χ4n) is 3.25. The van der Waals surface area contributed by atoms with Crippen LogP contribution < -0.4 is 19.1 Å². The highest BCUT2D eigenvalue weighted by Gasteiger charge is 2.25. The minimum absolute atomic E-state index is 0.0620. The molecular formula is C20H23ClN2O4. The lowest BCUT2D eigenvalue weighted by molar-refractivity contribution is 0.0746. The summed E-state index contributed by atoms with van der Waals surface area (Å²) in [5, 5.41) is 0.724. The molecule has 0 bridgehead atoms. The van der Waals surface area contributed by atoms with Gasteiger partial charge in [0, 0.05) is 31.7 Å². The van der Waals surface area contributed by atoms with E-state index in [0.29, 0.717) is 35.9 Å². The van der Waals surface area contributed by atoms with Crippen molar-refractivity contribution < 1.29 is 19.0 Å². The lowest BCUT2D eigenvalue weighted by Crippen LogP contribution is -2.48. The quantitative estimate of drug-likeness (QED) is 0.783. The molecule has 0 aromatic heterocycles. The zero-order valence-electron chi connectivity index (χ0n) is 15.7.